The number of nitrogens with zero attached hydrogens (tertiary/aromatic N) is 2. The maximum Gasteiger partial charge on any atom is 0.140 e. The van der Waals surface area contributed by atoms with Crippen molar-refractivity contribution in [1.82, 2.24) is 10.3 Å². The summed E-state index contributed by atoms with van der Waals surface area (Å²) in [5, 5.41) is 12.3. The molecule has 0 saturated heterocycles. The highest BCUT2D eigenvalue weighted by molar-refractivity contribution is 5.34. The molecule has 0 amide bonds. The minimum atomic E-state index is -0.475. The van der Waals surface area contributed by atoms with Gasteiger partial charge in [0, 0.05) is 25.0 Å². The van der Waals surface area contributed by atoms with Crippen LogP contribution in [0.3, 0.4) is 0 Å². The summed E-state index contributed by atoms with van der Waals surface area (Å²) in [6.45, 7) is 4.78. The molecule has 0 spiro atoms. The molecule has 0 aliphatic rings. The molecular formula is C17H18FN3. The second kappa shape index (κ2) is 6.96. The number of benzene rings is 1. The van der Waals surface area contributed by atoms with Crippen LogP contribution in [0.1, 0.15) is 42.1 Å². The van der Waals surface area contributed by atoms with Crippen molar-refractivity contribution in [3.8, 4) is 6.07 Å². The molecule has 0 bridgehead atoms. The summed E-state index contributed by atoms with van der Waals surface area (Å²) in [6.07, 6.45) is 4.61. The minimum absolute atomic E-state index is 0.0834. The molecule has 4 heteroatoms. The molecule has 1 atom stereocenters. The van der Waals surface area contributed by atoms with Crippen molar-refractivity contribution in [2.45, 2.75) is 32.9 Å². The van der Waals surface area contributed by atoms with Gasteiger partial charge < -0.3 is 5.32 Å². The van der Waals surface area contributed by atoms with Crippen molar-refractivity contribution in [2.75, 3.05) is 0 Å². The Morgan fingerprint density at radius 1 is 1.38 bits per heavy atom. The van der Waals surface area contributed by atoms with Gasteiger partial charge in [0.05, 0.1) is 5.56 Å². The van der Waals surface area contributed by atoms with E-state index in [-0.39, 0.29) is 11.6 Å². The van der Waals surface area contributed by atoms with E-state index in [9.17, 15) is 4.39 Å². The summed E-state index contributed by atoms with van der Waals surface area (Å²) in [6, 6.07) is 8.66. The lowest BCUT2D eigenvalue weighted by molar-refractivity contribution is 0.568. The van der Waals surface area contributed by atoms with E-state index in [4.69, 9.17) is 5.26 Å². The van der Waals surface area contributed by atoms with Gasteiger partial charge in [-0.1, -0.05) is 13.0 Å². The van der Waals surface area contributed by atoms with E-state index in [0.717, 1.165) is 12.0 Å². The molecule has 1 heterocycles. The standard InChI is InChI=1S/C17H18FN3/c1-3-14-11-20-7-6-16(14)12(2)21-10-13-4-5-17(18)15(8-13)9-19/h4-8,11-12,21H,3,10H2,1-2H3/t12-/m0/s1. The fraction of sp³-hybridized carbons (Fsp3) is 0.294. The monoisotopic (exact) mass is 283 g/mol. The van der Waals surface area contributed by atoms with Gasteiger partial charge in [-0.15, -0.1) is 0 Å². The van der Waals surface area contributed by atoms with E-state index >= 15 is 0 Å². The van der Waals surface area contributed by atoms with Gasteiger partial charge in [0.2, 0.25) is 0 Å². The zero-order valence-electron chi connectivity index (χ0n) is 12.2. The average Bonchev–Trinajstić information content (AvgIpc) is 2.53. The van der Waals surface area contributed by atoms with E-state index in [1.165, 1.54) is 17.2 Å². The highest BCUT2D eigenvalue weighted by Crippen LogP contribution is 2.18. The summed E-state index contributed by atoms with van der Waals surface area (Å²) in [7, 11) is 0. The van der Waals surface area contributed by atoms with Crippen molar-refractivity contribution >= 4 is 0 Å². The highest BCUT2D eigenvalue weighted by atomic mass is 19.1. The van der Waals surface area contributed by atoms with E-state index in [2.05, 4.69) is 24.1 Å². The lowest BCUT2D eigenvalue weighted by Crippen LogP contribution is -2.19. The van der Waals surface area contributed by atoms with Crippen LogP contribution in [-0.4, -0.2) is 4.98 Å². The quantitative estimate of drug-likeness (QED) is 0.913. The predicted octanol–water partition coefficient (Wildman–Crippen LogP) is 3.51. The Morgan fingerprint density at radius 3 is 2.90 bits per heavy atom. The normalized spacial score (nSPS) is 11.9. The van der Waals surface area contributed by atoms with Gasteiger partial charge in [-0.2, -0.15) is 5.26 Å². The van der Waals surface area contributed by atoms with Crippen LogP contribution in [0.2, 0.25) is 0 Å². The van der Waals surface area contributed by atoms with E-state index < -0.39 is 5.82 Å². The van der Waals surface area contributed by atoms with Gasteiger partial charge in [-0.25, -0.2) is 4.39 Å². The Balaban J connectivity index is 2.07. The highest BCUT2D eigenvalue weighted by Gasteiger charge is 2.10. The number of pyridine rings is 1. The fourth-order valence-electron chi connectivity index (χ4n) is 2.30. The number of hydrogen-bond donors (Lipinski definition) is 1. The molecule has 21 heavy (non-hydrogen) atoms. The third-order valence-corrected chi connectivity index (χ3v) is 3.55. The van der Waals surface area contributed by atoms with Gasteiger partial charge >= 0.3 is 0 Å². The number of hydrogen-bond acceptors (Lipinski definition) is 3. The van der Waals surface area contributed by atoms with Gasteiger partial charge in [-0.3, -0.25) is 4.98 Å². The van der Waals surface area contributed by atoms with Crippen LogP contribution < -0.4 is 5.32 Å². The molecule has 0 unspecified atom stereocenters. The molecule has 0 fully saturated rings. The topological polar surface area (TPSA) is 48.7 Å². The minimum Gasteiger partial charge on any atom is -0.306 e. The van der Waals surface area contributed by atoms with Crippen LogP contribution in [0.4, 0.5) is 4.39 Å². The molecule has 3 nitrogen and oxygen atoms in total. The second-order valence-corrected chi connectivity index (χ2v) is 4.96. The molecule has 2 aromatic rings. The third kappa shape index (κ3) is 3.65. The summed E-state index contributed by atoms with van der Waals surface area (Å²) in [5.74, 6) is -0.475. The van der Waals surface area contributed by atoms with Gasteiger partial charge in [0.15, 0.2) is 0 Å². The van der Waals surface area contributed by atoms with E-state index in [1.54, 1.807) is 18.3 Å². The number of nitriles is 1. The Labute approximate surface area is 124 Å². The number of nitrogens with one attached hydrogen (secondary N) is 1. The third-order valence-electron chi connectivity index (χ3n) is 3.55. The van der Waals surface area contributed by atoms with Gasteiger partial charge in [-0.05, 0) is 48.2 Å². The number of aryl methyl sites for hydroxylation is 1. The number of halogens is 1. The van der Waals surface area contributed by atoms with Crippen LogP contribution in [0, 0.1) is 17.1 Å². The van der Waals surface area contributed by atoms with Crippen molar-refractivity contribution in [1.29, 1.82) is 5.26 Å². The summed E-state index contributed by atoms with van der Waals surface area (Å²) in [4.78, 5) is 4.14. The Bertz CT molecular complexity index is 661. The molecule has 1 N–H and O–H groups in total. The zero-order chi connectivity index (χ0) is 15.2. The van der Waals surface area contributed by atoms with Crippen LogP contribution >= 0.6 is 0 Å². The second-order valence-electron chi connectivity index (χ2n) is 4.96. The fourth-order valence-corrected chi connectivity index (χ4v) is 2.30. The molecule has 0 saturated carbocycles. The summed E-state index contributed by atoms with van der Waals surface area (Å²) >= 11 is 0. The molecule has 108 valence electrons. The predicted molar refractivity (Wildman–Crippen MR) is 80.0 cm³/mol. The molecule has 0 aliphatic carbocycles. The van der Waals surface area contributed by atoms with Crippen molar-refractivity contribution in [3.63, 3.8) is 0 Å². The summed E-state index contributed by atoms with van der Waals surface area (Å²) < 4.78 is 13.3. The lowest BCUT2D eigenvalue weighted by Gasteiger charge is -2.17. The number of rotatable bonds is 5. The molecule has 1 aromatic carbocycles. The van der Waals surface area contributed by atoms with Crippen molar-refractivity contribution < 1.29 is 4.39 Å². The summed E-state index contributed by atoms with van der Waals surface area (Å²) in [5.41, 5.74) is 3.41. The smallest absolute Gasteiger partial charge is 0.140 e. The molecular weight excluding hydrogens is 265 g/mol. The maximum absolute atomic E-state index is 13.3. The molecule has 1 aromatic heterocycles. The first-order valence-electron chi connectivity index (χ1n) is 7.00. The molecule has 0 radical (unpaired) electrons. The van der Waals surface area contributed by atoms with Crippen molar-refractivity contribution in [3.05, 3.63) is 64.7 Å². The number of aromatic nitrogens is 1. The lowest BCUT2D eigenvalue weighted by atomic mass is 10.0. The first-order valence-corrected chi connectivity index (χ1v) is 7.00. The zero-order valence-corrected chi connectivity index (χ0v) is 12.2. The van der Waals surface area contributed by atoms with Gasteiger partial charge in [0.25, 0.3) is 0 Å². The van der Waals surface area contributed by atoms with E-state index in [0.29, 0.717) is 6.54 Å². The SMILES string of the molecule is CCc1cnccc1[C@H](C)NCc1ccc(F)c(C#N)c1. The van der Waals surface area contributed by atoms with E-state index in [1.807, 2.05) is 18.3 Å². The van der Waals surface area contributed by atoms with Crippen LogP contribution in [-0.2, 0) is 13.0 Å². The van der Waals surface area contributed by atoms with Crippen LogP contribution in [0.5, 0.6) is 0 Å². The first kappa shape index (κ1) is 15.1. The maximum atomic E-state index is 13.3. The largest absolute Gasteiger partial charge is 0.306 e. The van der Waals surface area contributed by atoms with Crippen molar-refractivity contribution in [2.24, 2.45) is 0 Å². The molecule has 2 rings (SSSR count). The molecule has 0 aliphatic heterocycles. The Kier molecular flexibility index (Phi) is 5.02. The van der Waals surface area contributed by atoms with Crippen LogP contribution in [0.15, 0.2) is 36.7 Å². The Hall–Kier alpha value is -2.25. The average molecular weight is 283 g/mol. The van der Waals surface area contributed by atoms with Crippen LogP contribution in [0.25, 0.3) is 0 Å². The van der Waals surface area contributed by atoms with Gasteiger partial charge in [0.1, 0.15) is 11.9 Å². The first-order chi connectivity index (χ1) is 10.2. The Morgan fingerprint density at radius 2 is 2.19 bits per heavy atom.